The van der Waals surface area contributed by atoms with E-state index in [1.165, 1.54) is 0 Å². The molecular weight excluding hydrogens is 322 g/mol. The second-order valence-electron chi connectivity index (χ2n) is 5.98. The number of rotatable bonds is 4. The van der Waals surface area contributed by atoms with Crippen LogP contribution >= 0.6 is 11.8 Å². The molecule has 1 saturated heterocycles. The van der Waals surface area contributed by atoms with E-state index in [-0.39, 0.29) is 5.91 Å². The standard InChI is InChI=1S/C18H23N3O2S/c1-13-16(14(2)23-20-13)12-24-17-7-4-3-6-15(17)18(22)21-10-5-8-19-9-11-21/h3-4,6-7,19H,5,8-12H2,1-2H3. The third-order valence-electron chi connectivity index (χ3n) is 4.30. The maximum atomic E-state index is 12.9. The molecule has 1 aliphatic heterocycles. The molecule has 5 nitrogen and oxygen atoms in total. The minimum atomic E-state index is 0.126. The van der Waals surface area contributed by atoms with E-state index in [2.05, 4.69) is 10.5 Å². The average Bonchev–Trinajstić information content (AvgIpc) is 2.81. The van der Waals surface area contributed by atoms with Crippen molar-refractivity contribution in [1.82, 2.24) is 15.4 Å². The number of carbonyl (C=O) groups excluding carboxylic acids is 1. The molecule has 1 aromatic carbocycles. The first-order chi connectivity index (χ1) is 11.7. The first-order valence-electron chi connectivity index (χ1n) is 8.30. The number of hydrogen-bond donors (Lipinski definition) is 1. The number of nitrogens with one attached hydrogen (secondary N) is 1. The smallest absolute Gasteiger partial charge is 0.255 e. The van der Waals surface area contributed by atoms with Gasteiger partial charge in [-0.25, -0.2) is 0 Å². The summed E-state index contributed by atoms with van der Waals surface area (Å²) in [5, 5.41) is 7.34. The molecule has 1 aliphatic rings. The van der Waals surface area contributed by atoms with E-state index in [0.717, 1.165) is 65.8 Å². The highest BCUT2D eigenvalue weighted by Crippen LogP contribution is 2.29. The molecule has 128 valence electrons. The van der Waals surface area contributed by atoms with Gasteiger partial charge in [0.1, 0.15) is 5.76 Å². The Morgan fingerprint density at radius 1 is 1.29 bits per heavy atom. The third-order valence-corrected chi connectivity index (χ3v) is 5.40. The topological polar surface area (TPSA) is 58.4 Å². The summed E-state index contributed by atoms with van der Waals surface area (Å²) in [5.41, 5.74) is 2.82. The molecule has 0 atom stereocenters. The molecule has 1 N–H and O–H groups in total. The van der Waals surface area contributed by atoms with Crippen molar-refractivity contribution in [2.75, 3.05) is 26.2 Å². The Morgan fingerprint density at radius 2 is 2.12 bits per heavy atom. The molecule has 2 aromatic rings. The Bertz CT molecular complexity index is 687. The van der Waals surface area contributed by atoms with Crippen LogP contribution in [-0.4, -0.2) is 42.1 Å². The molecule has 6 heteroatoms. The van der Waals surface area contributed by atoms with Crippen LogP contribution in [-0.2, 0) is 5.75 Å². The molecule has 2 heterocycles. The lowest BCUT2D eigenvalue weighted by atomic mass is 10.2. The summed E-state index contributed by atoms with van der Waals surface area (Å²) in [6.45, 7) is 7.30. The summed E-state index contributed by atoms with van der Waals surface area (Å²) in [7, 11) is 0. The second kappa shape index (κ2) is 7.85. The third kappa shape index (κ3) is 3.82. The Kier molecular flexibility index (Phi) is 5.58. The van der Waals surface area contributed by atoms with Gasteiger partial charge in [-0.2, -0.15) is 0 Å². The van der Waals surface area contributed by atoms with Gasteiger partial charge in [0.15, 0.2) is 0 Å². The zero-order valence-electron chi connectivity index (χ0n) is 14.2. The van der Waals surface area contributed by atoms with Crippen molar-refractivity contribution in [1.29, 1.82) is 0 Å². The Labute approximate surface area is 146 Å². The van der Waals surface area contributed by atoms with Crippen molar-refractivity contribution >= 4 is 17.7 Å². The average molecular weight is 345 g/mol. The van der Waals surface area contributed by atoms with Crippen LogP contribution in [0.2, 0.25) is 0 Å². The van der Waals surface area contributed by atoms with Crippen LogP contribution in [0.4, 0.5) is 0 Å². The number of nitrogens with zero attached hydrogens (tertiary/aromatic N) is 2. The molecule has 0 saturated carbocycles. The Morgan fingerprint density at radius 3 is 2.92 bits per heavy atom. The highest BCUT2D eigenvalue weighted by atomic mass is 32.2. The van der Waals surface area contributed by atoms with Crippen molar-refractivity contribution in [3.05, 3.63) is 46.8 Å². The second-order valence-corrected chi connectivity index (χ2v) is 7.00. The van der Waals surface area contributed by atoms with E-state index in [9.17, 15) is 4.79 Å². The molecule has 0 radical (unpaired) electrons. The van der Waals surface area contributed by atoms with Gasteiger partial charge in [0.05, 0.1) is 11.3 Å². The molecule has 0 unspecified atom stereocenters. The van der Waals surface area contributed by atoms with Gasteiger partial charge in [-0.3, -0.25) is 4.79 Å². The maximum absolute atomic E-state index is 12.9. The fraction of sp³-hybridized carbons (Fsp3) is 0.444. The van der Waals surface area contributed by atoms with E-state index in [1.807, 2.05) is 43.0 Å². The molecule has 0 spiro atoms. The zero-order chi connectivity index (χ0) is 16.9. The van der Waals surface area contributed by atoms with E-state index in [0.29, 0.717) is 0 Å². The fourth-order valence-corrected chi connectivity index (χ4v) is 4.04. The molecule has 1 amide bonds. The normalized spacial score (nSPS) is 15.3. The number of aromatic nitrogens is 1. The van der Waals surface area contributed by atoms with Crippen LogP contribution in [0.15, 0.2) is 33.7 Å². The highest BCUT2D eigenvalue weighted by molar-refractivity contribution is 7.98. The summed E-state index contributed by atoms with van der Waals surface area (Å²) in [6.07, 6.45) is 1.00. The van der Waals surface area contributed by atoms with Gasteiger partial charge >= 0.3 is 0 Å². The van der Waals surface area contributed by atoms with Crippen LogP contribution in [0.1, 0.15) is 33.8 Å². The number of amides is 1. The molecule has 0 aliphatic carbocycles. The minimum absolute atomic E-state index is 0.126. The first kappa shape index (κ1) is 17.0. The lowest BCUT2D eigenvalue weighted by molar-refractivity contribution is 0.0763. The number of carbonyl (C=O) groups is 1. The van der Waals surface area contributed by atoms with Crippen LogP contribution in [0, 0.1) is 13.8 Å². The van der Waals surface area contributed by atoms with Crippen LogP contribution in [0.5, 0.6) is 0 Å². The predicted octanol–water partition coefficient (Wildman–Crippen LogP) is 3.02. The van der Waals surface area contributed by atoms with E-state index >= 15 is 0 Å². The quantitative estimate of drug-likeness (QED) is 0.863. The predicted molar refractivity (Wildman–Crippen MR) is 95.4 cm³/mol. The molecule has 3 rings (SSSR count). The van der Waals surface area contributed by atoms with E-state index < -0.39 is 0 Å². The van der Waals surface area contributed by atoms with Crippen molar-refractivity contribution in [2.45, 2.75) is 30.9 Å². The van der Waals surface area contributed by atoms with Gasteiger partial charge in [0.2, 0.25) is 0 Å². The van der Waals surface area contributed by atoms with Gasteiger partial charge in [-0.15, -0.1) is 11.8 Å². The maximum Gasteiger partial charge on any atom is 0.255 e. The monoisotopic (exact) mass is 345 g/mol. The summed E-state index contributed by atoms with van der Waals surface area (Å²) in [6, 6.07) is 7.86. The summed E-state index contributed by atoms with van der Waals surface area (Å²) < 4.78 is 5.23. The Hall–Kier alpha value is -1.79. The van der Waals surface area contributed by atoms with E-state index in [1.54, 1.807) is 11.8 Å². The van der Waals surface area contributed by atoms with Crippen LogP contribution in [0.25, 0.3) is 0 Å². The van der Waals surface area contributed by atoms with Gasteiger partial charge in [0, 0.05) is 35.8 Å². The fourth-order valence-electron chi connectivity index (χ4n) is 2.85. The minimum Gasteiger partial charge on any atom is -0.361 e. The molecule has 24 heavy (non-hydrogen) atoms. The lowest BCUT2D eigenvalue weighted by Crippen LogP contribution is -2.34. The van der Waals surface area contributed by atoms with Crippen molar-refractivity contribution < 1.29 is 9.32 Å². The summed E-state index contributed by atoms with van der Waals surface area (Å²) >= 11 is 1.67. The van der Waals surface area contributed by atoms with Crippen molar-refractivity contribution in [3.63, 3.8) is 0 Å². The number of benzene rings is 1. The van der Waals surface area contributed by atoms with Crippen LogP contribution < -0.4 is 5.32 Å². The molecule has 0 bridgehead atoms. The molecular formula is C18H23N3O2S. The molecule has 1 aromatic heterocycles. The van der Waals surface area contributed by atoms with Gasteiger partial charge < -0.3 is 14.7 Å². The van der Waals surface area contributed by atoms with Gasteiger partial charge in [-0.05, 0) is 38.9 Å². The molecule has 1 fully saturated rings. The Balaban J connectivity index is 1.76. The van der Waals surface area contributed by atoms with Gasteiger partial charge in [0.25, 0.3) is 5.91 Å². The number of aryl methyl sites for hydroxylation is 2. The van der Waals surface area contributed by atoms with E-state index in [4.69, 9.17) is 4.52 Å². The highest BCUT2D eigenvalue weighted by Gasteiger charge is 2.20. The summed E-state index contributed by atoms with van der Waals surface area (Å²) in [5.74, 6) is 1.73. The zero-order valence-corrected chi connectivity index (χ0v) is 15.0. The first-order valence-corrected chi connectivity index (χ1v) is 9.29. The number of hydrogen-bond acceptors (Lipinski definition) is 5. The SMILES string of the molecule is Cc1noc(C)c1CSc1ccccc1C(=O)N1CCCNCC1. The largest absolute Gasteiger partial charge is 0.361 e. The lowest BCUT2D eigenvalue weighted by Gasteiger charge is -2.21. The van der Waals surface area contributed by atoms with Gasteiger partial charge in [-0.1, -0.05) is 17.3 Å². The number of thioether (sulfide) groups is 1. The van der Waals surface area contributed by atoms with Crippen LogP contribution in [0.3, 0.4) is 0 Å². The van der Waals surface area contributed by atoms with Crippen molar-refractivity contribution in [2.24, 2.45) is 0 Å². The van der Waals surface area contributed by atoms with Crippen molar-refractivity contribution in [3.8, 4) is 0 Å². The summed E-state index contributed by atoms with van der Waals surface area (Å²) in [4.78, 5) is 15.9.